The molecule has 1 fully saturated rings. The fourth-order valence-corrected chi connectivity index (χ4v) is 6.78. The first kappa shape index (κ1) is 39.4. The van der Waals surface area contributed by atoms with Crippen molar-refractivity contribution in [3.8, 4) is 46.0 Å². The van der Waals surface area contributed by atoms with Crippen LogP contribution in [0.2, 0.25) is 0 Å². The third kappa shape index (κ3) is 8.38. The van der Waals surface area contributed by atoms with Crippen LogP contribution in [0, 0.1) is 11.8 Å². The third-order valence-corrected chi connectivity index (χ3v) is 10.1. The second-order valence-corrected chi connectivity index (χ2v) is 13.3. The van der Waals surface area contributed by atoms with Gasteiger partial charge in [-0.15, -0.1) is 0 Å². The van der Waals surface area contributed by atoms with E-state index >= 15 is 0 Å². The monoisotopic (exact) mass is 732 g/mol. The summed E-state index contributed by atoms with van der Waals surface area (Å²) in [5, 5.41) is 22.2. The van der Waals surface area contributed by atoms with Crippen LogP contribution in [0.1, 0.15) is 74.4 Å². The molecule has 4 aromatic carbocycles. The Morgan fingerprint density at radius 1 is 0.453 bits per heavy atom. The molecule has 1 aliphatic rings. The summed E-state index contributed by atoms with van der Waals surface area (Å²) >= 11 is 0. The predicted molar refractivity (Wildman–Crippen MR) is 200 cm³/mol. The van der Waals surface area contributed by atoms with Crippen LogP contribution in [-0.4, -0.2) is 65.1 Å². The van der Waals surface area contributed by atoms with Gasteiger partial charge in [0.25, 0.3) is 0 Å². The van der Waals surface area contributed by atoms with Crippen molar-refractivity contribution in [2.45, 2.75) is 64.3 Å². The van der Waals surface area contributed by atoms with Crippen molar-refractivity contribution in [1.29, 1.82) is 0 Å². The van der Waals surface area contributed by atoms with Gasteiger partial charge in [-0.2, -0.15) is 0 Å². The van der Waals surface area contributed by atoms with E-state index in [1.807, 2.05) is 36.4 Å². The first-order valence-electron chi connectivity index (χ1n) is 17.6. The van der Waals surface area contributed by atoms with Crippen molar-refractivity contribution in [3.05, 3.63) is 95.1 Å². The second kappa shape index (κ2) is 17.3. The van der Waals surface area contributed by atoms with Gasteiger partial charge in [0.1, 0.15) is 24.4 Å². The fourth-order valence-electron chi connectivity index (χ4n) is 6.78. The number of methoxy groups -OCH3 is 6. The Balaban J connectivity index is 1.29. The van der Waals surface area contributed by atoms with Gasteiger partial charge in [-0.1, -0.05) is 38.1 Å². The molecule has 0 saturated carbocycles. The summed E-state index contributed by atoms with van der Waals surface area (Å²) in [4.78, 5) is 0. The number of rotatable bonds is 16. The molecule has 0 radical (unpaired) electrons. The van der Waals surface area contributed by atoms with E-state index in [9.17, 15) is 10.2 Å². The Bertz CT molecular complexity index is 1700. The summed E-state index contributed by atoms with van der Waals surface area (Å²) in [5.74, 6) is 4.62. The molecule has 1 saturated heterocycles. The van der Waals surface area contributed by atoms with E-state index in [2.05, 4.69) is 13.8 Å². The molecule has 0 aliphatic carbocycles. The number of aliphatic hydroxyl groups is 2. The number of hydrogen-bond acceptors (Lipinski definition) is 11. The zero-order valence-corrected chi connectivity index (χ0v) is 32.1. The van der Waals surface area contributed by atoms with E-state index in [1.165, 1.54) is 0 Å². The minimum atomic E-state index is -0.932. The molecule has 0 aromatic heterocycles. The van der Waals surface area contributed by atoms with Crippen LogP contribution in [0.5, 0.6) is 46.0 Å². The molecule has 0 bridgehead atoms. The summed E-state index contributed by atoms with van der Waals surface area (Å²) in [6.07, 6.45) is -3.49. The van der Waals surface area contributed by atoms with Crippen molar-refractivity contribution in [1.82, 2.24) is 0 Å². The highest BCUT2D eigenvalue weighted by molar-refractivity contribution is 5.48. The average Bonchev–Trinajstić information content (AvgIpc) is 3.49. The fraction of sp³-hybridized carbons (Fsp3) is 0.429. The molecule has 4 unspecified atom stereocenters. The first-order chi connectivity index (χ1) is 25.5. The maximum atomic E-state index is 11.1. The SMILES string of the molecule is COc1ccc(C(O)C(C)Oc2ccc(C3OC(c4ccc(O[C@H](C)[C@H](O)c5ccc(OC)c(OC)c5)c(OC)c4)[C@@H](C)[C@H]3C)cc2OC)cc1OC. The lowest BCUT2D eigenvalue weighted by Crippen LogP contribution is -2.22. The number of ether oxygens (including phenoxy) is 9. The zero-order chi connectivity index (χ0) is 38.4. The average molecular weight is 733 g/mol. The molecule has 0 spiro atoms. The molecule has 11 heteroatoms. The molecule has 0 amide bonds. The van der Waals surface area contributed by atoms with Gasteiger partial charge in [0.15, 0.2) is 46.0 Å². The molecule has 1 heterocycles. The minimum Gasteiger partial charge on any atom is -0.493 e. The van der Waals surface area contributed by atoms with Gasteiger partial charge in [0.2, 0.25) is 0 Å². The van der Waals surface area contributed by atoms with E-state index in [-0.39, 0.29) is 24.0 Å². The maximum absolute atomic E-state index is 11.1. The molecule has 11 nitrogen and oxygen atoms in total. The van der Waals surface area contributed by atoms with Gasteiger partial charge >= 0.3 is 0 Å². The number of hydrogen-bond donors (Lipinski definition) is 2. The summed E-state index contributed by atoms with van der Waals surface area (Å²) in [6.45, 7) is 7.96. The highest BCUT2D eigenvalue weighted by atomic mass is 16.5. The van der Waals surface area contributed by atoms with Crippen LogP contribution in [0.25, 0.3) is 0 Å². The molecule has 53 heavy (non-hydrogen) atoms. The Kier molecular flexibility index (Phi) is 12.9. The summed E-state index contributed by atoms with van der Waals surface area (Å²) in [6, 6.07) is 22.1. The number of benzene rings is 4. The Labute approximate surface area is 312 Å². The lowest BCUT2D eigenvalue weighted by Gasteiger charge is -2.24. The van der Waals surface area contributed by atoms with Gasteiger partial charge < -0.3 is 52.8 Å². The summed E-state index contributed by atoms with van der Waals surface area (Å²) in [5.41, 5.74) is 3.18. The lowest BCUT2D eigenvalue weighted by molar-refractivity contribution is 0.0281. The van der Waals surface area contributed by atoms with Crippen LogP contribution in [0.3, 0.4) is 0 Å². The van der Waals surface area contributed by atoms with Crippen LogP contribution in [-0.2, 0) is 4.74 Å². The van der Waals surface area contributed by atoms with E-state index < -0.39 is 24.4 Å². The highest BCUT2D eigenvalue weighted by Gasteiger charge is 2.41. The third-order valence-electron chi connectivity index (χ3n) is 10.1. The van der Waals surface area contributed by atoms with Crippen LogP contribution >= 0.6 is 0 Å². The smallest absolute Gasteiger partial charge is 0.161 e. The van der Waals surface area contributed by atoms with Crippen molar-refractivity contribution >= 4 is 0 Å². The summed E-state index contributed by atoms with van der Waals surface area (Å²) < 4.78 is 52.2. The normalized spacial score (nSPS) is 20.5. The molecule has 4 aromatic rings. The van der Waals surface area contributed by atoms with E-state index in [0.717, 1.165) is 11.1 Å². The van der Waals surface area contributed by atoms with Crippen molar-refractivity contribution in [2.24, 2.45) is 11.8 Å². The lowest BCUT2D eigenvalue weighted by atomic mass is 9.85. The van der Waals surface area contributed by atoms with E-state index in [0.29, 0.717) is 57.1 Å². The standard InChI is InChI=1S/C42H52O11/c1-23-24(2)42(30-14-18-34(38(22-30)50-10)52-26(4)40(44)28-12-16-32(46-6)36(20-28)48-8)53-41(23)29-13-17-33(37(21-29)49-9)51-25(3)39(43)27-11-15-31(45-5)35(19-27)47-7/h11-26,39-44H,1-10H3/t23-,24+,25+,26?,39-,40?,41?,42?/m0/s1. The van der Waals surface area contributed by atoms with E-state index in [4.69, 9.17) is 42.6 Å². The first-order valence-corrected chi connectivity index (χ1v) is 17.6. The molecular formula is C42H52O11. The quantitative estimate of drug-likeness (QED) is 0.117. The Morgan fingerprint density at radius 2 is 0.774 bits per heavy atom. The second-order valence-electron chi connectivity index (χ2n) is 13.3. The highest BCUT2D eigenvalue weighted by Crippen LogP contribution is 2.51. The molecular weight excluding hydrogens is 680 g/mol. The van der Waals surface area contributed by atoms with Crippen LogP contribution in [0.15, 0.2) is 72.8 Å². The minimum absolute atomic E-state index is 0.167. The Hall–Kier alpha value is -4.84. The van der Waals surface area contributed by atoms with Crippen LogP contribution in [0.4, 0.5) is 0 Å². The zero-order valence-electron chi connectivity index (χ0n) is 32.1. The molecule has 5 rings (SSSR count). The van der Waals surface area contributed by atoms with Crippen molar-refractivity contribution in [3.63, 3.8) is 0 Å². The van der Waals surface area contributed by atoms with Gasteiger partial charge in [-0.25, -0.2) is 0 Å². The van der Waals surface area contributed by atoms with Gasteiger partial charge in [-0.3, -0.25) is 0 Å². The largest absolute Gasteiger partial charge is 0.493 e. The van der Waals surface area contributed by atoms with Crippen molar-refractivity contribution < 1.29 is 52.8 Å². The van der Waals surface area contributed by atoms with Gasteiger partial charge in [0.05, 0.1) is 54.9 Å². The Morgan fingerprint density at radius 3 is 1.11 bits per heavy atom. The maximum Gasteiger partial charge on any atom is 0.161 e. The van der Waals surface area contributed by atoms with Gasteiger partial charge in [0, 0.05) is 0 Å². The van der Waals surface area contributed by atoms with E-state index in [1.54, 1.807) is 92.9 Å². The molecule has 8 atom stereocenters. The topological polar surface area (TPSA) is 124 Å². The summed E-state index contributed by atoms with van der Waals surface area (Å²) in [7, 11) is 9.43. The van der Waals surface area contributed by atoms with Crippen molar-refractivity contribution in [2.75, 3.05) is 42.7 Å². The molecule has 2 N–H and O–H groups in total. The van der Waals surface area contributed by atoms with Gasteiger partial charge in [-0.05, 0) is 96.5 Å². The molecule has 286 valence electrons. The van der Waals surface area contributed by atoms with Crippen LogP contribution < -0.4 is 37.9 Å². The number of aliphatic hydroxyl groups excluding tert-OH is 2. The molecule has 1 aliphatic heterocycles. The predicted octanol–water partition coefficient (Wildman–Crippen LogP) is 7.82.